The number of benzene rings is 1. The van der Waals surface area contributed by atoms with Crippen molar-refractivity contribution < 1.29 is 4.74 Å². The van der Waals surface area contributed by atoms with Crippen LogP contribution >= 0.6 is 0 Å². The van der Waals surface area contributed by atoms with Gasteiger partial charge in [0.15, 0.2) is 11.6 Å². The van der Waals surface area contributed by atoms with Crippen LogP contribution in [0.15, 0.2) is 24.3 Å². The molecule has 4 rings (SSSR count). The number of aromatic amines is 1. The highest BCUT2D eigenvalue weighted by Gasteiger charge is 2.25. The summed E-state index contributed by atoms with van der Waals surface area (Å²) in [6, 6.07) is 7.95. The summed E-state index contributed by atoms with van der Waals surface area (Å²) >= 11 is 0. The van der Waals surface area contributed by atoms with Gasteiger partial charge in [0.1, 0.15) is 0 Å². The van der Waals surface area contributed by atoms with Crippen molar-refractivity contribution in [1.82, 2.24) is 35.4 Å². The minimum absolute atomic E-state index is 0.277. The third-order valence-electron chi connectivity index (χ3n) is 4.17. The van der Waals surface area contributed by atoms with Crippen LogP contribution in [0.3, 0.4) is 0 Å². The van der Waals surface area contributed by atoms with Crippen LogP contribution in [0.5, 0.6) is 0 Å². The van der Waals surface area contributed by atoms with E-state index in [1.54, 1.807) is 0 Å². The first kappa shape index (κ1) is 14.9. The molecule has 1 saturated heterocycles. The number of aromatic nitrogens is 7. The summed E-state index contributed by atoms with van der Waals surface area (Å²) in [5.74, 6) is 2.54. The predicted molar refractivity (Wildman–Crippen MR) is 87.1 cm³/mol. The molecule has 1 atom stereocenters. The van der Waals surface area contributed by atoms with Crippen LogP contribution in [0.25, 0.3) is 22.8 Å². The molecule has 8 nitrogen and oxygen atoms in total. The summed E-state index contributed by atoms with van der Waals surface area (Å²) in [6.45, 7) is 4.43. The third-order valence-corrected chi connectivity index (χ3v) is 4.17. The summed E-state index contributed by atoms with van der Waals surface area (Å²) in [5, 5.41) is 19.1. The van der Waals surface area contributed by atoms with Gasteiger partial charge in [-0.25, -0.2) is 9.67 Å². The van der Waals surface area contributed by atoms with Crippen LogP contribution in [-0.4, -0.2) is 48.6 Å². The average Bonchev–Trinajstić information content (AvgIpc) is 3.36. The third kappa shape index (κ3) is 2.69. The fourth-order valence-electron chi connectivity index (χ4n) is 2.99. The van der Waals surface area contributed by atoms with Gasteiger partial charge in [-0.2, -0.15) is 10.3 Å². The number of hydrogen-bond donors (Lipinski definition) is 1. The van der Waals surface area contributed by atoms with Crippen LogP contribution in [-0.2, 0) is 11.3 Å². The fraction of sp³-hybridized carbons (Fsp3) is 0.438. The standard InChI is InChI=1S/C16H19N7O/c1-2-8-23-16(17-14(20-23)11-7-9-24-10-11)13-6-4-3-5-12(13)15-18-21-22-19-15/h3-6,11H,2,7-10H2,1H3,(H,18,19,21,22)/t11-/m1/s1. The van der Waals surface area contributed by atoms with Gasteiger partial charge in [-0.3, -0.25) is 0 Å². The van der Waals surface area contributed by atoms with E-state index in [1.165, 1.54) is 0 Å². The number of aryl methyl sites for hydroxylation is 1. The van der Waals surface area contributed by atoms with Crippen molar-refractivity contribution in [1.29, 1.82) is 0 Å². The SMILES string of the molecule is CCCn1nc([C@@H]2CCOC2)nc1-c1ccccc1-c1nn[nH]n1. The first-order chi connectivity index (χ1) is 11.9. The average molecular weight is 325 g/mol. The fourth-order valence-corrected chi connectivity index (χ4v) is 2.99. The zero-order valence-corrected chi connectivity index (χ0v) is 13.5. The Kier molecular flexibility index (Phi) is 4.04. The van der Waals surface area contributed by atoms with E-state index in [9.17, 15) is 0 Å². The molecule has 0 amide bonds. The number of rotatable bonds is 5. The Bertz CT molecular complexity index is 806. The van der Waals surface area contributed by atoms with Crippen molar-refractivity contribution in [3.8, 4) is 22.8 Å². The molecule has 1 aromatic carbocycles. The van der Waals surface area contributed by atoms with Gasteiger partial charge in [-0.15, -0.1) is 10.2 Å². The largest absolute Gasteiger partial charge is 0.381 e. The number of nitrogens with one attached hydrogen (secondary N) is 1. The first-order valence-corrected chi connectivity index (χ1v) is 8.22. The molecule has 8 heteroatoms. The van der Waals surface area contributed by atoms with E-state index in [-0.39, 0.29) is 5.92 Å². The van der Waals surface area contributed by atoms with Crippen molar-refractivity contribution >= 4 is 0 Å². The van der Waals surface area contributed by atoms with Crippen molar-refractivity contribution in [2.24, 2.45) is 0 Å². The van der Waals surface area contributed by atoms with Crippen LogP contribution in [0.2, 0.25) is 0 Å². The van der Waals surface area contributed by atoms with Gasteiger partial charge in [-0.05, 0) is 18.1 Å². The lowest BCUT2D eigenvalue weighted by molar-refractivity contribution is 0.193. The van der Waals surface area contributed by atoms with Gasteiger partial charge < -0.3 is 4.74 Å². The molecule has 3 aromatic rings. The second-order valence-corrected chi connectivity index (χ2v) is 5.86. The Morgan fingerprint density at radius 1 is 1.29 bits per heavy atom. The molecule has 1 fully saturated rings. The predicted octanol–water partition coefficient (Wildman–Crippen LogP) is 2.04. The Labute approximate surface area is 139 Å². The molecule has 0 radical (unpaired) electrons. The van der Waals surface area contributed by atoms with E-state index >= 15 is 0 Å². The Morgan fingerprint density at radius 3 is 2.88 bits per heavy atom. The topological polar surface area (TPSA) is 94.4 Å². The first-order valence-electron chi connectivity index (χ1n) is 8.22. The second kappa shape index (κ2) is 6.48. The minimum atomic E-state index is 0.277. The molecule has 24 heavy (non-hydrogen) atoms. The highest BCUT2D eigenvalue weighted by Crippen LogP contribution is 2.31. The highest BCUT2D eigenvalue weighted by atomic mass is 16.5. The highest BCUT2D eigenvalue weighted by molar-refractivity contribution is 5.76. The van der Waals surface area contributed by atoms with E-state index in [0.29, 0.717) is 12.4 Å². The molecule has 0 saturated carbocycles. The quantitative estimate of drug-likeness (QED) is 0.771. The molecule has 0 spiro atoms. The maximum Gasteiger partial charge on any atom is 0.205 e. The Morgan fingerprint density at radius 2 is 2.17 bits per heavy atom. The van der Waals surface area contributed by atoms with Gasteiger partial charge in [0.25, 0.3) is 0 Å². The zero-order valence-electron chi connectivity index (χ0n) is 13.5. The molecule has 1 aliphatic heterocycles. The zero-order chi connectivity index (χ0) is 16.4. The maximum atomic E-state index is 5.49. The van der Waals surface area contributed by atoms with Gasteiger partial charge in [0.05, 0.1) is 6.61 Å². The van der Waals surface area contributed by atoms with Crippen LogP contribution in [0.1, 0.15) is 31.5 Å². The summed E-state index contributed by atoms with van der Waals surface area (Å²) in [5.41, 5.74) is 1.86. The number of nitrogens with zero attached hydrogens (tertiary/aromatic N) is 6. The molecule has 0 aliphatic carbocycles. The lowest BCUT2D eigenvalue weighted by Gasteiger charge is -2.07. The van der Waals surface area contributed by atoms with E-state index in [2.05, 4.69) is 27.5 Å². The van der Waals surface area contributed by atoms with E-state index < -0.39 is 0 Å². The van der Waals surface area contributed by atoms with E-state index in [1.807, 2.05) is 28.9 Å². The maximum absolute atomic E-state index is 5.49. The lowest BCUT2D eigenvalue weighted by Crippen LogP contribution is -2.04. The summed E-state index contributed by atoms with van der Waals surface area (Å²) in [4.78, 5) is 4.84. The number of ether oxygens (including phenoxy) is 1. The monoisotopic (exact) mass is 325 g/mol. The molecule has 0 bridgehead atoms. The molecule has 1 aliphatic rings. The molecule has 3 heterocycles. The van der Waals surface area contributed by atoms with Gasteiger partial charge in [-0.1, -0.05) is 31.2 Å². The van der Waals surface area contributed by atoms with Gasteiger partial charge in [0.2, 0.25) is 5.82 Å². The van der Waals surface area contributed by atoms with Crippen molar-refractivity contribution in [3.05, 3.63) is 30.1 Å². The normalized spacial score (nSPS) is 17.5. The van der Waals surface area contributed by atoms with Gasteiger partial charge in [0, 0.05) is 30.2 Å². The second-order valence-electron chi connectivity index (χ2n) is 5.86. The Hall–Kier alpha value is -2.61. The molecule has 124 valence electrons. The molecule has 1 N–H and O–H groups in total. The molecular weight excluding hydrogens is 306 g/mol. The smallest absolute Gasteiger partial charge is 0.205 e. The van der Waals surface area contributed by atoms with Crippen molar-refractivity contribution in [2.75, 3.05) is 13.2 Å². The molecule has 2 aromatic heterocycles. The van der Waals surface area contributed by atoms with Crippen molar-refractivity contribution in [3.63, 3.8) is 0 Å². The summed E-state index contributed by atoms with van der Waals surface area (Å²) in [6.07, 6.45) is 1.96. The summed E-state index contributed by atoms with van der Waals surface area (Å²) in [7, 11) is 0. The van der Waals surface area contributed by atoms with Gasteiger partial charge >= 0.3 is 0 Å². The minimum Gasteiger partial charge on any atom is -0.381 e. The van der Waals surface area contributed by atoms with Crippen LogP contribution < -0.4 is 0 Å². The number of hydrogen-bond acceptors (Lipinski definition) is 6. The van der Waals surface area contributed by atoms with Crippen LogP contribution in [0, 0.1) is 0 Å². The van der Waals surface area contributed by atoms with Crippen LogP contribution in [0.4, 0.5) is 0 Å². The van der Waals surface area contributed by atoms with Crippen molar-refractivity contribution in [2.45, 2.75) is 32.2 Å². The molecular formula is C16H19N7O. The lowest BCUT2D eigenvalue weighted by atomic mass is 10.1. The number of H-pyrrole nitrogens is 1. The Balaban J connectivity index is 1.81. The van der Waals surface area contributed by atoms with E-state index in [4.69, 9.17) is 14.8 Å². The molecule has 0 unspecified atom stereocenters. The summed E-state index contributed by atoms with van der Waals surface area (Å²) < 4.78 is 7.47. The van der Waals surface area contributed by atoms with E-state index in [0.717, 1.165) is 48.8 Å². The number of tetrazole rings is 1.